The topological polar surface area (TPSA) is 161 Å². The lowest BCUT2D eigenvalue weighted by Gasteiger charge is -2.22. The third-order valence-corrected chi connectivity index (χ3v) is 15.9. The summed E-state index contributed by atoms with van der Waals surface area (Å²) in [5, 5.41) is 0. The lowest BCUT2D eigenvalue weighted by Crippen LogP contribution is -2.13. The molecule has 0 saturated carbocycles. The van der Waals surface area contributed by atoms with Gasteiger partial charge in [-0.15, -0.1) is 0 Å². The highest BCUT2D eigenvalue weighted by Gasteiger charge is 2.14. The highest BCUT2D eigenvalue weighted by Crippen LogP contribution is 2.32. The third kappa shape index (κ3) is 47.3. The van der Waals surface area contributed by atoms with Crippen LogP contribution in [0, 0.1) is 83.1 Å². The molecule has 0 atom stereocenters. The third-order valence-electron chi connectivity index (χ3n) is 15.9. The lowest BCUT2D eigenvalue weighted by molar-refractivity contribution is 1.08. The number of pyridine rings is 11. The van der Waals surface area contributed by atoms with Gasteiger partial charge >= 0.3 is 0 Å². The summed E-state index contributed by atoms with van der Waals surface area (Å²) in [7, 11) is 14.3. The van der Waals surface area contributed by atoms with Gasteiger partial charge < -0.3 is 29.4 Å². The van der Waals surface area contributed by atoms with Crippen LogP contribution in [0.3, 0.4) is 0 Å². The first-order valence-electron chi connectivity index (χ1n) is 44.0. The predicted octanol–water partition coefficient (Wildman–Crippen LogP) is 30.1. The molecule has 0 fully saturated rings. The second-order valence-electron chi connectivity index (χ2n) is 23.6. The van der Waals surface area contributed by atoms with Gasteiger partial charge in [0.05, 0.1) is 58.9 Å². The molecular weight excluding hydrogens is 1490 g/mol. The molecular formula is C104H167N17. The zero-order valence-corrected chi connectivity index (χ0v) is 84.0. The molecule has 0 aliphatic carbocycles. The summed E-state index contributed by atoms with van der Waals surface area (Å²) in [6.45, 7) is 72.8. The molecule has 12 aromatic rings. The SMILES string of the molecule is CC.CC.CC.CC.CC.CC.CC.CC.CC.CC.CC.CC.Cc1ccccc1N(C)c1ccncc1C.Cc1cccnc1.Cc1ccncc1N(C)c1cnccc1C.Cc1ccncc1N(C)c1ncccc1C.Cc1cnccc1N(C)C.Cc1cnccc1N(C)c1cccnc1C.Cc1cnccc1N(C)c1cnccc1C. The molecule has 668 valence electrons. The molecule has 0 spiro atoms. The Balaban J connectivity index is -0.000000242. The van der Waals surface area contributed by atoms with Gasteiger partial charge in [0.15, 0.2) is 0 Å². The number of rotatable bonds is 11. The monoisotopic (exact) mass is 1650 g/mol. The number of hydrogen-bond donors (Lipinski definition) is 0. The van der Waals surface area contributed by atoms with Crippen LogP contribution in [0.1, 0.15) is 233 Å². The van der Waals surface area contributed by atoms with E-state index >= 15 is 0 Å². The number of anilines is 11. The van der Waals surface area contributed by atoms with Crippen molar-refractivity contribution in [3.8, 4) is 0 Å². The van der Waals surface area contributed by atoms with Crippen LogP contribution in [0.25, 0.3) is 0 Å². The Kier molecular flexibility index (Phi) is 82.3. The number of benzene rings is 1. The first-order valence-corrected chi connectivity index (χ1v) is 44.0. The minimum atomic E-state index is 0.971. The van der Waals surface area contributed by atoms with E-state index in [9.17, 15) is 0 Å². The van der Waals surface area contributed by atoms with Gasteiger partial charge in [-0.2, -0.15) is 0 Å². The Bertz CT molecular complexity index is 3570. The van der Waals surface area contributed by atoms with E-state index in [-0.39, 0.29) is 0 Å². The molecule has 0 saturated heterocycles. The van der Waals surface area contributed by atoms with Crippen LogP contribution in [-0.4, -0.2) is 104 Å². The maximum absolute atomic E-state index is 4.39. The second-order valence-corrected chi connectivity index (χ2v) is 23.6. The molecule has 0 N–H and O–H groups in total. The minimum Gasteiger partial charge on any atom is -0.377 e. The summed E-state index contributed by atoms with van der Waals surface area (Å²) in [6.07, 6.45) is 36.7. The largest absolute Gasteiger partial charge is 0.377 e. The Morgan fingerprint density at radius 3 is 0.694 bits per heavy atom. The normalized spacial score (nSPS) is 8.62. The van der Waals surface area contributed by atoms with Crippen molar-refractivity contribution in [1.82, 2.24) is 54.8 Å². The molecule has 17 nitrogen and oxygen atoms in total. The summed E-state index contributed by atoms with van der Waals surface area (Å²) < 4.78 is 0. The standard InChI is InChI=1S/C14H16N2.4C13H15N3.C8H12N2.C6H7N.12C2H6/c1-11-6-4-5-7-13(11)16(3)14-8-9-15-10-12(14)2;1-10-4-6-15-9-13(10)16(3)12-5-7-14-8-11(12)2;1-10-4-6-14-8-12(10)16(3)13-9-15-7-5-11(13)2;1-10-9-14-8-6-12(10)16(3)13-5-4-7-15-11(13)2;1-10-6-8-14-9-12(10)16(3)13-11(2)5-4-7-15-13;1-7-6-9-5-4-8(7)10(2)3;1-6-3-2-4-7-5-6;12*1-2/h4-10H,1-3H3;4*4-9H,1-3H3;4-6H,1-3H3;2-5H,1H3;12*1-2H3. The molecule has 11 aromatic heterocycles. The zero-order valence-electron chi connectivity index (χ0n) is 84.0. The molecule has 121 heavy (non-hydrogen) atoms. The van der Waals surface area contributed by atoms with E-state index in [0.29, 0.717) is 0 Å². The van der Waals surface area contributed by atoms with Crippen LogP contribution in [-0.2, 0) is 0 Å². The summed E-state index contributed by atoms with van der Waals surface area (Å²) in [5.41, 5.74) is 25.8. The fraction of sp³-hybridized carbons (Fsp3) is 0.413. The van der Waals surface area contributed by atoms with E-state index in [1.165, 1.54) is 61.6 Å². The molecule has 0 radical (unpaired) electrons. The molecule has 1 aromatic carbocycles. The van der Waals surface area contributed by atoms with Gasteiger partial charge in [0.1, 0.15) is 5.82 Å². The van der Waals surface area contributed by atoms with Crippen molar-refractivity contribution in [1.29, 1.82) is 0 Å². The number of para-hydroxylation sites is 1. The first kappa shape index (κ1) is 123. The van der Waals surface area contributed by atoms with Gasteiger partial charge in [-0.05, 0) is 223 Å². The molecule has 0 unspecified atom stereocenters. The minimum absolute atomic E-state index is 0.971. The van der Waals surface area contributed by atoms with E-state index in [1.807, 2.05) is 407 Å². The number of nitrogens with zero attached hydrogens (tertiary/aromatic N) is 17. The summed E-state index contributed by atoms with van der Waals surface area (Å²) in [6, 6.07) is 36.5. The maximum atomic E-state index is 4.39. The quantitative estimate of drug-likeness (QED) is 0.120. The summed E-state index contributed by atoms with van der Waals surface area (Å²) in [5.74, 6) is 0.971. The van der Waals surface area contributed by atoms with Gasteiger partial charge in [-0.3, -0.25) is 49.8 Å². The Morgan fingerprint density at radius 1 is 0.174 bits per heavy atom. The molecule has 12 rings (SSSR count). The molecule has 0 amide bonds. The zero-order chi connectivity index (χ0) is 94.4. The van der Waals surface area contributed by atoms with Crippen LogP contribution in [0.4, 0.5) is 62.7 Å². The van der Waals surface area contributed by atoms with Crippen molar-refractivity contribution in [3.63, 3.8) is 0 Å². The average Bonchev–Trinajstić information content (AvgIpc) is 0.879. The molecule has 0 aliphatic heterocycles. The highest BCUT2D eigenvalue weighted by atomic mass is 15.2. The van der Waals surface area contributed by atoms with Gasteiger partial charge in [0.2, 0.25) is 0 Å². The number of aromatic nitrogens is 11. The Hall–Kier alpha value is -11.3. The Morgan fingerprint density at radius 2 is 0.413 bits per heavy atom. The highest BCUT2D eigenvalue weighted by molar-refractivity contribution is 5.70. The van der Waals surface area contributed by atoms with Crippen molar-refractivity contribution in [2.45, 2.75) is 249 Å². The fourth-order valence-electron chi connectivity index (χ4n) is 10.4. The molecule has 0 bridgehead atoms. The van der Waals surface area contributed by atoms with E-state index in [1.54, 1.807) is 12.4 Å². The van der Waals surface area contributed by atoms with E-state index in [2.05, 4.69) is 197 Å². The lowest BCUT2D eigenvalue weighted by atomic mass is 10.1. The van der Waals surface area contributed by atoms with Crippen LogP contribution < -0.4 is 29.4 Å². The van der Waals surface area contributed by atoms with E-state index in [0.717, 1.165) is 68.0 Å². The van der Waals surface area contributed by atoms with Crippen LogP contribution in [0.2, 0.25) is 0 Å². The van der Waals surface area contributed by atoms with E-state index in [4.69, 9.17) is 0 Å². The van der Waals surface area contributed by atoms with Gasteiger partial charge in [0, 0.05) is 177 Å². The van der Waals surface area contributed by atoms with E-state index < -0.39 is 0 Å². The van der Waals surface area contributed by atoms with Crippen molar-refractivity contribution >= 4 is 62.7 Å². The second kappa shape index (κ2) is 81.1. The number of hydrogen-bond acceptors (Lipinski definition) is 17. The molecule has 0 aliphatic rings. The smallest absolute Gasteiger partial charge is 0.135 e. The van der Waals surface area contributed by atoms with Crippen molar-refractivity contribution in [2.24, 2.45) is 0 Å². The van der Waals surface area contributed by atoms with Crippen LogP contribution >= 0.6 is 0 Å². The predicted molar refractivity (Wildman–Crippen MR) is 541 cm³/mol. The molecule has 17 heteroatoms. The Labute approximate surface area is 741 Å². The van der Waals surface area contributed by atoms with Crippen molar-refractivity contribution in [2.75, 3.05) is 78.7 Å². The van der Waals surface area contributed by atoms with Crippen molar-refractivity contribution in [3.05, 3.63) is 300 Å². The average molecular weight is 1660 g/mol. The van der Waals surface area contributed by atoms with Gasteiger partial charge in [0.25, 0.3) is 0 Å². The van der Waals surface area contributed by atoms with Crippen LogP contribution in [0.15, 0.2) is 233 Å². The first-order chi connectivity index (χ1) is 58.6. The number of aryl methyl sites for hydroxylation is 12. The van der Waals surface area contributed by atoms with Gasteiger partial charge in [-0.25, -0.2) is 4.98 Å². The maximum Gasteiger partial charge on any atom is 0.135 e. The summed E-state index contributed by atoms with van der Waals surface area (Å²) in [4.78, 5) is 58.3. The summed E-state index contributed by atoms with van der Waals surface area (Å²) >= 11 is 0. The molecule has 11 heterocycles. The van der Waals surface area contributed by atoms with Crippen LogP contribution in [0.5, 0.6) is 0 Å². The van der Waals surface area contributed by atoms with Crippen molar-refractivity contribution < 1.29 is 0 Å². The van der Waals surface area contributed by atoms with Gasteiger partial charge in [-0.1, -0.05) is 197 Å². The fourth-order valence-corrected chi connectivity index (χ4v) is 10.4.